The number of carbonyl (C=O) groups is 2. The highest BCUT2D eigenvalue weighted by molar-refractivity contribution is 6.00. The molecule has 1 unspecified atom stereocenters. The van der Waals surface area contributed by atoms with Crippen LogP contribution in [0.4, 0.5) is 10.1 Å². The Morgan fingerprint density at radius 1 is 1.25 bits per heavy atom. The first kappa shape index (κ1) is 20.4. The molecule has 3 heterocycles. The van der Waals surface area contributed by atoms with E-state index in [1.165, 1.54) is 11.2 Å². The van der Waals surface area contributed by atoms with Gasteiger partial charge in [-0.3, -0.25) is 9.59 Å². The Balaban J connectivity index is 0.00000225. The number of fused-ring (bicyclic) bond motifs is 1. The summed E-state index contributed by atoms with van der Waals surface area (Å²) in [7, 11) is 0. The molecule has 2 aromatic rings. The second-order valence-corrected chi connectivity index (χ2v) is 6.97. The number of rotatable bonds is 3. The minimum Gasteiger partial charge on any atom is -0.459 e. The van der Waals surface area contributed by atoms with Crippen molar-refractivity contribution >= 4 is 29.9 Å². The van der Waals surface area contributed by atoms with E-state index in [-0.39, 0.29) is 41.5 Å². The lowest BCUT2D eigenvalue weighted by molar-refractivity contribution is -0.121. The van der Waals surface area contributed by atoms with Gasteiger partial charge >= 0.3 is 0 Å². The lowest BCUT2D eigenvalue weighted by Crippen LogP contribution is -2.50. The zero-order valence-corrected chi connectivity index (χ0v) is 16.2. The van der Waals surface area contributed by atoms with Crippen LogP contribution in [0.3, 0.4) is 0 Å². The minimum absolute atomic E-state index is 0. The molecule has 2 aliphatic heterocycles. The summed E-state index contributed by atoms with van der Waals surface area (Å²) in [4.78, 5) is 27.0. The van der Waals surface area contributed by atoms with E-state index in [0.29, 0.717) is 31.5 Å². The van der Waals surface area contributed by atoms with Gasteiger partial charge in [-0.05, 0) is 61.6 Å². The van der Waals surface area contributed by atoms with Crippen molar-refractivity contribution in [2.75, 3.05) is 18.4 Å². The molecule has 1 saturated heterocycles. The van der Waals surface area contributed by atoms with Gasteiger partial charge in [0.25, 0.3) is 5.91 Å². The van der Waals surface area contributed by atoms with Crippen molar-refractivity contribution < 1.29 is 18.4 Å². The number of furan rings is 1. The van der Waals surface area contributed by atoms with E-state index in [4.69, 9.17) is 4.42 Å². The van der Waals surface area contributed by atoms with E-state index in [9.17, 15) is 14.0 Å². The molecule has 1 atom stereocenters. The first-order valence-corrected chi connectivity index (χ1v) is 9.31. The predicted octanol–water partition coefficient (Wildman–Crippen LogP) is 3.12. The molecule has 1 aromatic heterocycles. The molecular weight excluding hydrogens is 385 g/mol. The van der Waals surface area contributed by atoms with Gasteiger partial charge < -0.3 is 20.0 Å². The Hall–Kier alpha value is -2.38. The molecule has 150 valence electrons. The summed E-state index contributed by atoms with van der Waals surface area (Å²) < 4.78 is 20.0. The van der Waals surface area contributed by atoms with E-state index in [2.05, 4.69) is 10.6 Å². The molecule has 1 fully saturated rings. The van der Waals surface area contributed by atoms with Gasteiger partial charge in [0.05, 0.1) is 12.0 Å². The zero-order valence-electron chi connectivity index (χ0n) is 15.4. The molecule has 8 heteroatoms. The average molecular weight is 408 g/mol. The van der Waals surface area contributed by atoms with Crippen LogP contribution in [0.5, 0.6) is 0 Å². The molecule has 0 bridgehead atoms. The highest BCUT2D eigenvalue weighted by atomic mass is 35.5. The van der Waals surface area contributed by atoms with Crippen molar-refractivity contribution in [3.8, 4) is 0 Å². The van der Waals surface area contributed by atoms with Crippen molar-refractivity contribution in [1.29, 1.82) is 0 Å². The molecular formula is C20H23ClFN3O3. The number of likely N-dealkylation sites (tertiary alicyclic amines) is 1. The van der Waals surface area contributed by atoms with E-state index >= 15 is 0 Å². The van der Waals surface area contributed by atoms with Crippen LogP contribution >= 0.6 is 12.4 Å². The maximum Gasteiger partial charge on any atom is 0.290 e. The zero-order chi connectivity index (χ0) is 18.8. The normalized spacial score (nSPS) is 18.8. The smallest absolute Gasteiger partial charge is 0.290 e. The third-order valence-electron chi connectivity index (χ3n) is 5.26. The number of halogens is 2. The van der Waals surface area contributed by atoms with E-state index in [1.807, 2.05) is 6.07 Å². The molecule has 6 nitrogen and oxygen atoms in total. The molecule has 2 amide bonds. The molecule has 0 saturated carbocycles. The minimum atomic E-state index is -0.631. The number of hydrogen-bond acceptors (Lipinski definition) is 4. The maximum absolute atomic E-state index is 14.8. The highest BCUT2D eigenvalue weighted by Crippen LogP contribution is 2.26. The van der Waals surface area contributed by atoms with Crippen LogP contribution in [0.15, 0.2) is 34.9 Å². The Kier molecular flexibility index (Phi) is 6.36. The lowest BCUT2D eigenvalue weighted by Gasteiger charge is -2.34. The van der Waals surface area contributed by atoms with Crippen LogP contribution in [-0.2, 0) is 17.8 Å². The van der Waals surface area contributed by atoms with Crippen molar-refractivity contribution in [3.05, 3.63) is 53.2 Å². The Bertz CT molecular complexity index is 857. The fourth-order valence-corrected chi connectivity index (χ4v) is 3.84. The summed E-state index contributed by atoms with van der Waals surface area (Å²) in [6.45, 7) is 1.83. The van der Waals surface area contributed by atoms with Crippen LogP contribution in [-0.4, -0.2) is 35.8 Å². The number of piperidine rings is 1. The standard InChI is InChI=1S/C20H22FN3O3.ClH/c21-18-14-8-9-22-12-13(14)6-7-15(18)23-19(25)16-4-1-2-10-24(16)20(26)17-5-3-11-27-17;/h3,5-7,11,16,22H,1-2,4,8-10,12H2,(H,23,25);1H. The third kappa shape index (κ3) is 3.91. The highest BCUT2D eigenvalue weighted by Gasteiger charge is 2.34. The molecule has 2 aliphatic rings. The second kappa shape index (κ2) is 8.75. The first-order valence-electron chi connectivity index (χ1n) is 9.31. The molecule has 2 N–H and O–H groups in total. The Morgan fingerprint density at radius 3 is 2.89 bits per heavy atom. The van der Waals surface area contributed by atoms with Crippen LogP contribution in [0.1, 0.15) is 40.9 Å². The summed E-state index contributed by atoms with van der Waals surface area (Å²) in [6, 6.07) is 6.04. The predicted molar refractivity (Wildman–Crippen MR) is 105 cm³/mol. The number of anilines is 1. The average Bonchev–Trinajstić information content (AvgIpc) is 3.24. The van der Waals surface area contributed by atoms with Gasteiger partial charge in [0, 0.05) is 13.1 Å². The van der Waals surface area contributed by atoms with Gasteiger partial charge in [0.2, 0.25) is 5.91 Å². The third-order valence-corrected chi connectivity index (χ3v) is 5.26. The lowest BCUT2D eigenvalue weighted by atomic mass is 9.98. The van der Waals surface area contributed by atoms with Gasteiger partial charge in [-0.2, -0.15) is 0 Å². The Labute approximate surface area is 168 Å². The van der Waals surface area contributed by atoms with Crippen LogP contribution in [0.25, 0.3) is 0 Å². The number of carbonyl (C=O) groups excluding carboxylic acids is 2. The molecule has 4 rings (SSSR count). The first-order chi connectivity index (χ1) is 13.1. The van der Waals surface area contributed by atoms with E-state index < -0.39 is 6.04 Å². The van der Waals surface area contributed by atoms with Gasteiger partial charge in [0.1, 0.15) is 11.9 Å². The van der Waals surface area contributed by atoms with Crippen LogP contribution in [0.2, 0.25) is 0 Å². The van der Waals surface area contributed by atoms with Crippen LogP contribution in [0, 0.1) is 5.82 Å². The van der Waals surface area contributed by atoms with Gasteiger partial charge in [0.15, 0.2) is 5.76 Å². The topological polar surface area (TPSA) is 74.6 Å². The van der Waals surface area contributed by atoms with Gasteiger partial charge in [-0.25, -0.2) is 4.39 Å². The SMILES string of the molecule is Cl.O=C(Nc1ccc2c(c1F)CCNC2)C1CCCCN1C(=O)c1ccco1. The van der Waals surface area contributed by atoms with Gasteiger partial charge in [-0.1, -0.05) is 6.07 Å². The maximum atomic E-state index is 14.8. The summed E-state index contributed by atoms with van der Waals surface area (Å²) in [5.74, 6) is -0.830. The molecule has 0 aliphatic carbocycles. The quantitative estimate of drug-likeness (QED) is 0.819. The summed E-state index contributed by atoms with van der Waals surface area (Å²) in [5.41, 5.74) is 1.75. The van der Waals surface area contributed by atoms with Crippen molar-refractivity contribution in [1.82, 2.24) is 10.2 Å². The van der Waals surface area contributed by atoms with E-state index in [1.54, 1.807) is 18.2 Å². The summed E-state index contributed by atoms with van der Waals surface area (Å²) in [6.07, 6.45) is 4.25. The van der Waals surface area contributed by atoms with Crippen molar-refractivity contribution in [2.24, 2.45) is 0 Å². The molecule has 0 spiro atoms. The number of benzene rings is 1. The Morgan fingerprint density at radius 2 is 2.11 bits per heavy atom. The molecule has 1 aromatic carbocycles. The number of nitrogens with zero attached hydrogens (tertiary/aromatic N) is 1. The van der Waals surface area contributed by atoms with Gasteiger partial charge in [-0.15, -0.1) is 12.4 Å². The number of hydrogen-bond donors (Lipinski definition) is 2. The fourth-order valence-electron chi connectivity index (χ4n) is 3.84. The monoisotopic (exact) mass is 407 g/mol. The van der Waals surface area contributed by atoms with Crippen molar-refractivity contribution in [2.45, 2.75) is 38.3 Å². The second-order valence-electron chi connectivity index (χ2n) is 6.97. The largest absolute Gasteiger partial charge is 0.459 e. The molecule has 0 radical (unpaired) electrons. The van der Waals surface area contributed by atoms with Crippen LogP contribution < -0.4 is 10.6 Å². The number of amides is 2. The molecule has 28 heavy (non-hydrogen) atoms. The summed E-state index contributed by atoms with van der Waals surface area (Å²) >= 11 is 0. The van der Waals surface area contributed by atoms with Crippen molar-refractivity contribution in [3.63, 3.8) is 0 Å². The number of nitrogens with one attached hydrogen (secondary N) is 2. The summed E-state index contributed by atoms with van der Waals surface area (Å²) in [5, 5.41) is 5.91. The fraction of sp³-hybridized carbons (Fsp3) is 0.400. The van der Waals surface area contributed by atoms with E-state index in [0.717, 1.165) is 24.9 Å².